The standard InChI is InChI=1S/C17H18BrFO/c1-17(2,3)13-7-9-14(10-8-13)20-11-12-5-4-6-15(19)16(12)18/h4-10H,11H2,1-3H3. The second kappa shape index (κ2) is 5.96. The lowest BCUT2D eigenvalue weighted by Gasteiger charge is -2.19. The van der Waals surface area contributed by atoms with Gasteiger partial charge in [0.05, 0.1) is 4.47 Å². The summed E-state index contributed by atoms with van der Waals surface area (Å²) in [5.41, 5.74) is 2.19. The van der Waals surface area contributed by atoms with Crippen molar-refractivity contribution in [3.05, 3.63) is 63.9 Å². The lowest BCUT2D eigenvalue weighted by Crippen LogP contribution is -2.10. The molecule has 1 nitrogen and oxygen atoms in total. The first-order valence-electron chi connectivity index (χ1n) is 6.54. The van der Waals surface area contributed by atoms with Gasteiger partial charge in [0.15, 0.2) is 0 Å². The van der Waals surface area contributed by atoms with Gasteiger partial charge in [0.1, 0.15) is 18.2 Å². The molecule has 0 unspecified atom stereocenters. The molecule has 0 atom stereocenters. The van der Waals surface area contributed by atoms with Gasteiger partial charge in [-0.15, -0.1) is 0 Å². The maximum absolute atomic E-state index is 13.4. The van der Waals surface area contributed by atoms with Crippen molar-refractivity contribution < 1.29 is 9.13 Å². The molecule has 0 bridgehead atoms. The molecule has 2 rings (SSSR count). The number of hydrogen-bond acceptors (Lipinski definition) is 1. The van der Waals surface area contributed by atoms with Gasteiger partial charge in [0, 0.05) is 5.56 Å². The van der Waals surface area contributed by atoms with Crippen LogP contribution in [0.5, 0.6) is 5.75 Å². The van der Waals surface area contributed by atoms with Crippen LogP contribution in [0.2, 0.25) is 0 Å². The Bertz CT molecular complexity index is 585. The number of ether oxygens (including phenoxy) is 1. The minimum atomic E-state index is -0.269. The van der Waals surface area contributed by atoms with Gasteiger partial charge in [-0.05, 0) is 45.1 Å². The molecule has 2 aromatic rings. The molecule has 0 aliphatic carbocycles. The lowest BCUT2D eigenvalue weighted by molar-refractivity contribution is 0.304. The van der Waals surface area contributed by atoms with Crippen LogP contribution in [0.3, 0.4) is 0 Å². The Labute approximate surface area is 127 Å². The van der Waals surface area contributed by atoms with Crippen LogP contribution in [0.15, 0.2) is 46.9 Å². The average Bonchev–Trinajstić information content (AvgIpc) is 2.40. The zero-order valence-electron chi connectivity index (χ0n) is 11.9. The zero-order chi connectivity index (χ0) is 14.8. The Morgan fingerprint density at radius 3 is 2.30 bits per heavy atom. The molecule has 0 heterocycles. The van der Waals surface area contributed by atoms with Crippen molar-refractivity contribution >= 4 is 15.9 Å². The topological polar surface area (TPSA) is 9.23 Å². The van der Waals surface area contributed by atoms with Gasteiger partial charge in [-0.3, -0.25) is 0 Å². The first kappa shape index (κ1) is 15.0. The normalized spacial score (nSPS) is 11.4. The van der Waals surface area contributed by atoms with Crippen LogP contribution in [0.25, 0.3) is 0 Å². The quantitative estimate of drug-likeness (QED) is 0.722. The molecule has 0 aliphatic rings. The molecular weight excluding hydrogens is 319 g/mol. The molecule has 0 aromatic heterocycles. The Kier molecular flexibility index (Phi) is 4.48. The highest BCUT2D eigenvalue weighted by Gasteiger charge is 2.13. The third-order valence-electron chi connectivity index (χ3n) is 3.15. The van der Waals surface area contributed by atoms with E-state index in [2.05, 4.69) is 48.8 Å². The van der Waals surface area contributed by atoms with Crippen LogP contribution in [0, 0.1) is 5.82 Å². The van der Waals surface area contributed by atoms with Crippen molar-refractivity contribution in [2.45, 2.75) is 32.8 Å². The average molecular weight is 337 g/mol. The fourth-order valence-corrected chi connectivity index (χ4v) is 2.25. The van der Waals surface area contributed by atoms with Gasteiger partial charge in [0.2, 0.25) is 0 Å². The summed E-state index contributed by atoms with van der Waals surface area (Å²) in [6.45, 7) is 6.86. The van der Waals surface area contributed by atoms with E-state index in [9.17, 15) is 4.39 Å². The maximum Gasteiger partial charge on any atom is 0.137 e. The van der Waals surface area contributed by atoms with E-state index in [4.69, 9.17) is 4.74 Å². The second-order valence-electron chi connectivity index (χ2n) is 5.78. The van der Waals surface area contributed by atoms with Crippen molar-refractivity contribution in [1.82, 2.24) is 0 Å². The van der Waals surface area contributed by atoms with E-state index in [1.165, 1.54) is 11.6 Å². The molecule has 0 saturated heterocycles. The summed E-state index contributed by atoms with van der Waals surface area (Å²) in [7, 11) is 0. The Hall–Kier alpha value is -1.35. The first-order chi connectivity index (χ1) is 9.38. The largest absolute Gasteiger partial charge is 0.489 e. The van der Waals surface area contributed by atoms with Crippen molar-refractivity contribution in [3.63, 3.8) is 0 Å². The molecule has 3 heteroatoms. The highest BCUT2D eigenvalue weighted by molar-refractivity contribution is 9.10. The van der Waals surface area contributed by atoms with Gasteiger partial charge >= 0.3 is 0 Å². The van der Waals surface area contributed by atoms with Crippen molar-refractivity contribution in [2.24, 2.45) is 0 Å². The number of rotatable bonds is 3. The summed E-state index contributed by atoms with van der Waals surface area (Å²) in [6.07, 6.45) is 0. The predicted molar refractivity (Wildman–Crippen MR) is 83.6 cm³/mol. The van der Waals surface area contributed by atoms with E-state index < -0.39 is 0 Å². The second-order valence-corrected chi connectivity index (χ2v) is 6.57. The molecule has 0 aliphatic heterocycles. The van der Waals surface area contributed by atoms with E-state index in [1.54, 1.807) is 6.07 Å². The van der Waals surface area contributed by atoms with Crippen LogP contribution >= 0.6 is 15.9 Å². The Morgan fingerprint density at radius 2 is 1.70 bits per heavy atom. The summed E-state index contributed by atoms with van der Waals surface area (Å²) >= 11 is 3.24. The van der Waals surface area contributed by atoms with Crippen molar-refractivity contribution in [2.75, 3.05) is 0 Å². The van der Waals surface area contributed by atoms with Gasteiger partial charge in [-0.1, -0.05) is 45.0 Å². The van der Waals surface area contributed by atoms with E-state index in [1.807, 2.05) is 18.2 Å². The van der Waals surface area contributed by atoms with Crippen LogP contribution in [0.1, 0.15) is 31.9 Å². The predicted octanol–water partition coefficient (Wildman–Crippen LogP) is 5.46. The van der Waals surface area contributed by atoms with Crippen LogP contribution < -0.4 is 4.74 Å². The SMILES string of the molecule is CC(C)(C)c1ccc(OCc2cccc(F)c2Br)cc1. The molecular formula is C17H18BrFO. The molecule has 0 spiro atoms. The monoisotopic (exact) mass is 336 g/mol. The molecule has 0 radical (unpaired) electrons. The van der Waals surface area contributed by atoms with Crippen LogP contribution in [-0.2, 0) is 12.0 Å². The van der Waals surface area contributed by atoms with Gasteiger partial charge in [-0.2, -0.15) is 0 Å². The van der Waals surface area contributed by atoms with E-state index >= 15 is 0 Å². The number of hydrogen-bond donors (Lipinski definition) is 0. The van der Waals surface area contributed by atoms with Crippen LogP contribution in [0.4, 0.5) is 4.39 Å². The first-order valence-corrected chi connectivity index (χ1v) is 7.33. The van der Waals surface area contributed by atoms with Gasteiger partial charge in [-0.25, -0.2) is 4.39 Å². The summed E-state index contributed by atoms with van der Waals surface area (Å²) in [5.74, 6) is 0.517. The molecule has 0 N–H and O–H groups in total. The number of halogens is 2. The van der Waals surface area contributed by atoms with Crippen molar-refractivity contribution in [3.8, 4) is 5.75 Å². The molecule has 0 saturated carbocycles. The molecule has 0 fully saturated rings. The lowest BCUT2D eigenvalue weighted by atomic mass is 9.87. The van der Waals surface area contributed by atoms with E-state index in [0.29, 0.717) is 11.1 Å². The summed E-state index contributed by atoms with van der Waals surface area (Å²) in [5, 5.41) is 0. The zero-order valence-corrected chi connectivity index (χ0v) is 13.5. The molecule has 106 valence electrons. The Balaban J connectivity index is 2.06. The van der Waals surface area contributed by atoms with Gasteiger partial charge < -0.3 is 4.74 Å². The highest BCUT2D eigenvalue weighted by atomic mass is 79.9. The fourth-order valence-electron chi connectivity index (χ4n) is 1.87. The van der Waals surface area contributed by atoms with E-state index in [-0.39, 0.29) is 11.2 Å². The van der Waals surface area contributed by atoms with Crippen molar-refractivity contribution in [1.29, 1.82) is 0 Å². The Morgan fingerprint density at radius 1 is 1.05 bits per heavy atom. The third-order valence-corrected chi connectivity index (χ3v) is 4.03. The van der Waals surface area contributed by atoms with E-state index in [0.717, 1.165) is 11.3 Å². The minimum absolute atomic E-state index is 0.129. The molecule has 2 aromatic carbocycles. The molecule has 0 amide bonds. The van der Waals surface area contributed by atoms with Crippen LogP contribution in [-0.4, -0.2) is 0 Å². The third kappa shape index (κ3) is 3.60. The molecule has 20 heavy (non-hydrogen) atoms. The van der Waals surface area contributed by atoms with Gasteiger partial charge in [0.25, 0.3) is 0 Å². The summed E-state index contributed by atoms with van der Waals surface area (Å²) < 4.78 is 19.5. The fraction of sp³-hybridized carbons (Fsp3) is 0.294. The number of benzene rings is 2. The smallest absolute Gasteiger partial charge is 0.137 e. The summed E-state index contributed by atoms with van der Waals surface area (Å²) in [4.78, 5) is 0. The minimum Gasteiger partial charge on any atom is -0.489 e. The maximum atomic E-state index is 13.4. The summed E-state index contributed by atoms with van der Waals surface area (Å²) in [6, 6.07) is 13.0. The highest BCUT2D eigenvalue weighted by Crippen LogP contribution is 2.26.